The fraction of sp³-hybridized carbons (Fsp3) is 0.685. The highest BCUT2D eigenvalue weighted by Gasteiger charge is 2.64. The quantitative estimate of drug-likeness (QED) is 0.0390. The SMILES string of the molecule is COc1cc2cc(c1Cl)N(C)C(=O)C[C@H](OC(=O)[C@H](C)N(C)C(=O)CCC(C)(C)SSCCCC(=O)NCCOCCOCCN1C(=O)CC(SC)C1=O)[C@]1(C)O[C@H]1[C@H](C)[C@@H]1C[C@@](O)(CC(=O)O1)[C@H](OC)/C=C/C=C(\C)C2. The van der Waals surface area contributed by atoms with Crippen LogP contribution in [0, 0.1) is 5.92 Å². The summed E-state index contributed by atoms with van der Waals surface area (Å²) in [7, 11) is 9.31. The van der Waals surface area contributed by atoms with E-state index >= 15 is 0 Å². The van der Waals surface area contributed by atoms with Crippen molar-refractivity contribution in [1.82, 2.24) is 15.1 Å². The molecule has 2 N–H and O–H groups in total. The molecule has 0 aliphatic carbocycles. The molecule has 4 heterocycles. The number of ether oxygens (including phenoxy) is 7. The van der Waals surface area contributed by atoms with E-state index in [1.54, 1.807) is 66.8 Å². The van der Waals surface area contributed by atoms with E-state index in [1.807, 2.05) is 40.0 Å². The number of nitrogens with zero attached hydrogens (tertiary/aromatic N) is 3. The summed E-state index contributed by atoms with van der Waals surface area (Å²) in [5, 5.41) is 14.7. The zero-order chi connectivity index (χ0) is 56.8. The van der Waals surface area contributed by atoms with Crippen LogP contribution in [0.1, 0.15) is 98.5 Å². The summed E-state index contributed by atoms with van der Waals surface area (Å²) in [5.74, 6) is -1.97. The van der Waals surface area contributed by atoms with Crippen molar-refractivity contribution in [2.45, 2.75) is 151 Å². The molecule has 1 aromatic carbocycles. The van der Waals surface area contributed by atoms with Gasteiger partial charge in [-0.15, -0.1) is 0 Å². The number of carbonyl (C=O) groups is 7. The van der Waals surface area contributed by atoms with Gasteiger partial charge in [0.05, 0.1) is 70.0 Å². The topological polar surface area (TPSA) is 229 Å². The fourth-order valence-electron chi connectivity index (χ4n) is 9.49. The first kappa shape index (κ1) is 64.0. The highest BCUT2D eigenvalue weighted by molar-refractivity contribution is 8.77. The number of anilines is 1. The van der Waals surface area contributed by atoms with Gasteiger partial charge in [0, 0.05) is 69.9 Å². The minimum atomic E-state index is -1.61. The molecule has 23 heteroatoms. The van der Waals surface area contributed by atoms with Gasteiger partial charge in [-0.3, -0.25) is 33.7 Å². The largest absolute Gasteiger partial charge is 0.495 e. The number of fused-ring (bicyclic) bond motifs is 5. The average molecular weight is 1160 g/mol. The van der Waals surface area contributed by atoms with Crippen LogP contribution in [0.15, 0.2) is 35.9 Å². The number of epoxide rings is 1. The Bertz CT molecular complexity index is 2340. The zero-order valence-corrected chi connectivity index (χ0v) is 49.6. The molecule has 0 saturated carbocycles. The van der Waals surface area contributed by atoms with Gasteiger partial charge in [0.1, 0.15) is 46.3 Å². The maximum absolute atomic E-state index is 14.4. The number of likely N-dealkylation sites (tertiary alicyclic amines) is 1. The lowest BCUT2D eigenvalue weighted by Gasteiger charge is -2.41. The molecule has 5 rings (SSSR count). The van der Waals surface area contributed by atoms with Crippen molar-refractivity contribution in [3.63, 3.8) is 0 Å². The molecule has 0 radical (unpaired) electrons. The first-order chi connectivity index (χ1) is 36.4. The highest BCUT2D eigenvalue weighted by atomic mass is 35.5. The summed E-state index contributed by atoms with van der Waals surface area (Å²) >= 11 is 8.21. The Morgan fingerprint density at radius 2 is 1.77 bits per heavy atom. The fourth-order valence-corrected chi connectivity index (χ4v) is 13.1. The monoisotopic (exact) mass is 1150 g/mol. The predicted octanol–water partition coefficient (Wildman–Crippen LogP) is 6.12. The lowest BCUT2D eigenvalue weighted by molar-refractivity contribution is -0.187. The maximum Gasteiger partial charge on any atom is 0.328 e. The Morgan fingerprint density at radius 1 is 1.05 bits per heavy atom. The number of thioether (sulfide) groups is 1. The van der Waals surface area contributed by atoms with Crippen LogP contribution in [0.4, 0.5) is 5.69 Å². The molecule has 19 nitrogen and oxygen atoms in total. The van der Waals surface area contributed by atoms with E-state index in [1.165, 1.54) is 47.7 Å². The normalized spacial score (nSPS) is 27.5. The molecule has 4 aliphatic rings. The van der Waals surface area contributed by atoms with Crippen LogP contribution in [-0.4, -0.2) is 188 Å². The molecule has 1 unspecified atom stereocenters. The number of imide groups is 1. The number of benzene rings is 1. The highest BCUT2D eigenvalue weighted by Crippen LogP contribution is 2.50. The Hall–Kier alpha value is -3.87. The molecule has 5 amide bonds. The predicted molar refractivity (Wildman–Crippen MR) is 298 cm³/mol. The van der Waals surface area contributed by atoms with Crippen LogP contribution >= 0.6 is 45.0 Å². The number of aliphatic hydroxyl groups is 1. The van der Waals surface area contributed by atoms with Gasteiger partial charge in [-0.2, -0.15) is 11.8 Å². The van der Waals surface area contributed by atoms with E-state index in [0.29, 0.717) is 69.2 Å². The molecular weight excluding hydrogens is 1080 g/mol. The summed E-state index contributed by atoms with van der Waals surface area (Å²) < 4.78 is 40.5. The summed E-state index contributed by atoms with van der Waals surface area (Å²) in [6.07, 6.45) is 5.36. The van der Waals surface area contributed by atoms with Crippen LogP contribution in [-0.2, 0) is 68.4 Å². The number of methoxy groups -OCH3 is 2. The summed E-state index contributed by atoms with van der Waals surface area (Å²) in [6.45, 7) is 12.9. The summed E-state index contributed by atoms with van der Waals surface area (Å²) in [5.41, 5.74) is -0.757. The van der Waals surface area contributed by atoms with Crippen LogP contribution in [0.25, 0.3) is 0 Å². The maximum atomic E-state index is 14.4. The zero-order valence-electron chi connectivity index (χ0n) is 46.3. The average Bonchev–Trinajstić information content (AvgIpc) is 4.11. The second-order valence-electron chi connectivity index (χ2n) is 20.9. The van der Waals surface area contributed by atoms with Crippen molar-refractivity contribution in [2.75, 3.05) is 84.7 Å². The summed E-state index contributed by atoms with van der Waals surface area (Å²) in [4.78, 5) is 95.9. The molecule has 0 spiro atoms. The minimum absolute atomic E-state index is 0.0315. The second kappa shape index (κ2) is 29.0. The smallest absolute Gasteiger partial charge is 0.328 e. The first-order valence-electron chi connectivity index (χ1n) is 26.0. The number of hydrogen-bond donors (Lipinski definition) is 2. The van der Waals surface area contributed by atoms with Gasteiger partial charge in [0.25, 0.3) is 0 Å². The lowest BCUT2D eigenvalue weighted by atomic mass is 9.78. The Balaban J connectivity index is 1.12. The van der Waals surface area contributed by atoms with Gasteiger partial charge in [-0.1, -0.05) is 63.9 Å². The molecule has 77 heavy (non-hydrogen) atoms. The first-order valence-corrected chi connectivity index (χ1v) is 30.0. The number of amides is 5. The van der Waals surface area contributed by atoms with E-state index in [2.05, 4.69) is 5.32 Å². The molecule has 1 aromatic rings. The van der Waals surface area contributed by atoms with Crippen molar-refractivity contribution in [2.24, 2.45) is 5.92 Å². The molecular formula is C54H79ClN4O15S3. The number of halogens is 1. The standard InChI is InChI=1S/C54H79ClN4O15S3/c1-33-14-12-15-41(69-10)54(67)31-39(72-47(64)32-54)34(2)49-53(6,74-49)42(30-45(62)58(8)37-27-36(26-33)28-38(68-9)48(37)55)73-51(66)35(3)57(7)44(61)17-18-52(4,5)77-76-25-13-16-43(60)56-19-21-70-23-24-71-22-20-59-46(63)29-40(75-11)50(59)65/h12,14-15,27-28,34-35,39-42,49,67H,13,16-26,29-32H2,1-11H3,(H,56,60)/b15-12+,33-14+/t34-,35+,39+,40?,41-,42+,49+,53+,54-/m1/s1. The van der Waals surface area contributed by atoms with Crippen molar-refractivity contribution in [3.8, 4) is 5.75 Å². The molecule has 4 bridgehead atoms. The van der Waals surface area contributed by atoms with Crippen molar-refractivity contribution in [3.05, 3.63) is 46.5 Å². The third-order valence-corrected chi connectivity index (χ3v) is 19.3. The molecule has 4 aliphatic heterocycles. The summed E-state index contributed by atoms with van der Waals surface area (Å²) in [6, 6.07) is 2.54. The number of esters is 2. The number of carbonyl (C=O) groups excluding carboxylic acids is 7. The number of allylic oxidation sites excluding steroid dienone is 3. The number of likely N-dealkylation sites (N-methyl/N-ethyl adjacent to an activating group) is 1. The van der Waals surface area contributed by atoms with Crippen molar-refractivity contribution in [1.29, 1.82) is 0 Å². The molecule has 0 aromatic heterocycles. The third kappa shape index (κ3) is 17.6. The van der Waals surface area contributed by atoms with E-state index in [4.69, 9.17) is 44.8 Å². The van der Waals surface area contributed by atoms with Gasteiger partial charge in [0.2, 0.25) is 29.5 Å². The van der Waals surface area contributed by atoms with Crippen molar-refractivity contribution >= 4 is 92.1 Å². The van der Waals surface area contributed by atoms with Crippen LogP contribution in [0.5, 0.6) is 5.75 Å². The van der Waals surface area contributed by atoms with Crippen LogP contribution < -0.4 is 15.0 Å². The Labute approximate surface area is 470 Å². The van der Waals surface area contributed by atoms with Gasteiger partial charge in [-0.25, -0.2) is 4.79 Å². The van der Waals surface area contributed by atoms with Crippen molar-refractivity contribution < 1.29 is 71.8 Å². The molecule has 430 valence electrons. The van der Waals surface area contributed by atoms with Gasteiger partial charge < -0.3 is 53.4 Å². The Morgan fingerprint density at radius 3 is 2.44 bits per heavy atom. The van der Waals surface area contributed by atoms with Crippen LogP contribution in [0.2, 0.25) is 5.02 Å². The van der Waals surface area contributed by atoms with E-state index in [9.17, 15) is 38.7 Å². The van der Waals surface area contributed by atoms with Gasteiger partial charge >= 0.3 is 11.9 Å². The van der Waals surface area contributed by atoms with E-state index in [0.717, 1.165) is 11.1 Å². The number of hydrogen-bond acceptors (Lipinski definition) is 18. The molecule has 9 atom stereocenters. The van der Waals surface area contributed by atoms with E-state index in [-0.39, 0.29) is 83.9 Å². The van der Waals surface area contributed by atoms with E-state index < -0.39 is 65.4 Å². The molecule has 3 fully saturated rings. The lowest BCUT2D eigenvalue weighted by Crippen LogP contribution is -2.53. The number of nitrogens with one attached hydrogen (secondary N) is 1. The van der Waals surface area contributed by atoms with Gasteiger partial charge in [-0.05, 0) is 77.8 Å². The minimum Gasteiger partial charge on any atom is -0.495 e. The second-order valence-corrected chi connectivity index (χ2v) is 25.4. The van der Waals surface area contributed by atoms with Crippen LogP contribution in [0.3, 0.4) is 0 Å². The van der Waals surface area contributed by atoms with Gasteiger partial charge in [0.15, 0.2) is 0 Å². The number of rotatable bonds is 24. The third-order valence-electron chi connectivity index (χ3n) is 14.5. The molecule has 3 saturated heterocycles. The Kier molecular flexibility index (Phi) is 24.1.